The fourth-order valence-corrected chi connectivity index (χ4v) is 5.56. The van der Waals surface area contributed by atoms with E-state index >= 15 is 0 Å². The zero-order chi connectivity index (χ0) is 26.0. The Labute approximate surface area is 211 Å². The van der Waals surface area contributed by atoms with Crippen LogP contribution < -0.4 is 14.8 Å². The number of halogens is 1. The van der Waals surface area contributed by atoms with Gasteiger partial charge >= 0.3 is 0 Å². The average molecular weight is 490 g/mol. The van der Waals surface area contributed by atoms with E-state index in [4.69, 9.17) is 9.47 Å². The van der Waals surface area contributed by atoms with Crippen molar-refractivity contribution in [3.8, 4) is 11.5 Å². The Kier molecular flexibility index (Phi) is 7.55. The number of carbonyl (C=O) groups excluding carboxylic acids is 2. The van der Waals surface area contributed by atoms with Gasteiger partial charge in [0.15, 0.2) is 11.6 Å². The molecule has 5 atom stereocenters. The first-order valence-corrected chi connectivity index (χ1v) is 12.1. The minimum absolute atomic E-state index is 0.113. The first-order valence-electron chi connectivity index (χ1n) is 12.1. The molecular weight excluding hydrogens is 457 g/mol. The lowest BCUT2D eigenvalue weighted by molar-refractivity contribution is 0.0647. The van der Waals surface area contributed by atoms with E-state index in [-0.39, 0.29) is 29.5 Å². The molecule has 1 N–H and O–H groups in total. The fourth-order valence-electron chi connectivity index (χ4n) is 5.56. The lowest BCUT2D eigenvalue weighted by Crippen LogP contribution is -2.58. The van der Waals surface area contributed by atoms with Gasteiger partial charge in [-0.2, -0.15) is 0 Å². The number of rotatable bonds is 7. The molecule has 188 valence electrons. The lowest BCUT2D eigenvalue weighted by atomic mass is 9.63. The molecule has 4 rings (SSSR count). The van der Waals surface area contributed by atoms with Gasteiger partial charge in [0.05, 0.1) is 14.2 Å². The quantitative estimate of drug-likeness (QED) is 0.437. The van der Waals surface area contributed by atoms with Crippen molar-refractivity contribution in [1.29, 1.82) is 0 Å². The summed E-state index contributed by atoms with van der Waals surface area (Å²) in [5.74, 6) is -1.17. The molecule has 0 bridgehead atoms. The molecule has 0 spiro atoms. The summed E-state index contributed by atoms with van der Waals surface area (Å²) in [6.45, 7) is 5.61. The summed E-state index contributed by atoms with van der Waals surface area (Å²) >= 11 is 0. The van der Waals surface area contributed by atoms with Crippen molar-refractivity contribution in [3.63, 3.8) is 0 Å². The summed E-state index contributed by atoms with van der Waals surface area (Å²) < 4.78 is 25.5. The third-order valence-corrected chi connectivity index (χ3v) is 7.36. The number of benzene rings is 3. The summed E-state index contributed by atoms with van der Waals surface area (Å²) in [6, 6.07) is 18.4. The number of ketones is 2. The van der Waals surface area contributed by atoms with Gasteiger partial charge in [-0.1, -0.05) is 36.4 Å². The molecule has 1 aliphatic heterocycles. The van der Waals surface area contributed by atoms with Gasteiger partial charge in [-0.15, -0.1) is 0 Å². The highest BCUT2D eigenvalue weighted by Gasteiger charge is 2.49. The second-order valence-electron chi connectivity index (χ2n) is 9.47. The van der Waals surface area contributed by atoms with Crippen molar-refractivity contribution in [2.45, 2.75) is 38.8 Å². The van der Waals surface area contributed by atoms with Crippen LogP contribution in [0.25, 0.3) is 0 Å². The van der Waals surface area contributed by atoms with Gasteiger partial charge < -0.3 is 14.8 Å². The van der Waals surface area contributed by atoms with Gasteiger partial charge in [-0.25, -0.2) is 4.39 Å². The molecule has 5 nitrogen and oxygen atoms in total. The maximum atomic E-state index is 14.8. The fraction of sp³-hybridized carbons (Fsp3) is 0.333. The van der Waals surface area contributed by atoms with E-state index in [0.717, 1.165) is 0 Å². The smallest absolute Gasteiger partial charge is 0.168 e. The molecular formula is C30H32FNO4. The molecule has 6 heteroatoms. The van der Waals surface area contributed by atoms with Crippen molar-refractivity contribution in [3.05, 3.63) is 94.8 Å². The van der Waals surface area contributed by atoms with E-state index in [1.54, 1.807) is 75.7 Å². The van der Waals surface area contributed by atoms with Crippen LogP contribution in [0.15, 0.2) is 66.7 Å². The summed E-state index contributed by atoms with van der Waals surface area (Å²) in [4.78, 5) is 28.1. The van der Waals surface area contributed by atoms with E-state index in [1.807, 2.05) is 19.9 Å². The molecule has 0 saturated carbocycles. The van der Waals surface area contributed by atoms with Crippen molar-refractivity contribution >= 4 is 11.6 Å². The van der Waals surface area contributed by atoms with Gasteiger partial charge in [0.1, 0.15) is 17.3 Å². The zero-order valence-corrected chi connectivity index (χ0v) is 21.2. The number of methoxy groups -OCH3 is 2. The monoisotopic (exact) mass is 489 g/mol. The van der Waals surface area contributed by atoms with Gasteiger partial charge in [0, 0.05) is 41.0 Å². The van der Waals surface area contributed by atoms with Crippen LogP contribution in [0.4, 0.5) is 4.39 Å². The first kappa shape index (κ1) is 25.6. The highest BCUT2D eigenvalue weighted by Crippen LogP contribution is 2.44. The van der Waals surface area contributed by atoms with Crippen LogP contribution in [-0.2, 0) is 0 Å². The third-order valence-electron chi connectivity index (χ3n) is 7.36. The topological polar surface area (TPSA) is 64.6 Å². The second-order valence-corrected chi connectivity index (χ2v) is 9.47. The number of hydrogen-bond donors (Lipinski definition) is 1. The van der Waals surface area contributed by atoms with E-state index in [2.05, 4.69) is 5.32 Å². The maximum Gasteiger partial charge on any atom is 0.168 e. The Hall–Kier alpha value is -3.51. The van der Waals surface area contributed by atoms with Crippen LogP contribution in [-0.4, -0.2) is 37.9 Å². The van der Waals surface area contributed by atoms with Crippen LogP contribution in [0.3, 0.4) is 0 Å². The molecule has 1 heterocycles. The molecule has 3 aromatic rings. The Morgan fingerprint density at radius 3 is 1.72 bits per heavy atom. The zero-order valence-electron chi connectivity index (χ0n) is 21.2. The van der Waals surface area contributed by atoms with Gasteiger partial charge in [0.25, 0.3) is 0 Å². The van der Waals surface area contributed by atoms with Crippen LogP contribution in [0.5, 0.6) is 11.5 Å². The number of nitrogens with one attached hydrogen (secondary N) is 1. The second kappa shape index (κ2) is 10.6. The number of Topliss-reactive ketones (excluding diaryl/α,β-unsaturated/α-hetero) is 2. The maximum absolute atomic E-state index is 14.8. The van der Waals surface area contributed by atoms with Crippen molar-refractivity contribution < 1.29 is 23.5 Å². The highest BCUT2D eigenvalue weighted by molar-refractivity contribution is 6.03. The Balaban J connectivity index is 1.88. The summed E-state index contributed by atoms with van der Waals surface area (Å²) in [7, 11) is 3.11. The van der Waals surface area contributed by atoms with Crippen molar-refractivity contribution in [2.75, 3.05) is 14.2 Å². The van der Waals surface area contributed by atoms with Crippen molar-refractivity contribution in [2.24, 2.45) is 11.8 Å². The van der Waals surface area contributed by atoms with Crippen molar-refractivity contribution in [1.82, 2.24) is 5.32 Å². The SMILES string of the molecule is COc1cccc(C(=O)[C@@H]2[C@@H](c3cccc(F)c3C)[C@H](C(=O)c3cccc(OC)c3)[C@@H](C)N[C@H]2C)c1. The van der Waals surface area contributed by atoms with Crippen LogP contribution in [0, 0.1) is 24.6 Å². The number of piperidine rings is 1. The Morgan fingerprint density at radius 2 is 1.25 bits per heavy atom. The molecule has 0 amide bonds. The summed E-state index contributed by atoms with van der Waals surface area (Å²) in [6.07, 6.45) is 0. The minimum Gasteiger partial charge on any atom is -0.497 e. The summed E-state index contributed by atoms with van der Waals surface area (Å²) in [5, 5.41) is 3.47. The van der Waals surface area contributed by atoms with Gasteiger partial charge in [0.2, 0.25) is 0 Å². The Morgan fingerprint density at radius 1 is 0.778 bits per heavy atom. The van der Waals surface area contributed by atoms with E-state index in [1.165, 1.54) is 6.07 Å². The molecule has 36 heavy (non-hydrogen) atoms. The van der Waals surface area contributed by atoms with Crippen LogP contribution in [0.2, 0.25) is 0 Å². The normalized spacial score (nSPS) is 23.7. The molecule has 0 unspecified atom stereocenters. The molecule has 0 aromatic heterocycles. The highest BCUT2D eigenvalue weighted by atomic mass is 19.1. The van der Waals surface area contributed by atoms with Gasteiger partial charge in [-0.05, 0) is 62.2 Å². The Bertz CT molecular complexity index is 1200. The predicted octanol–water partition coefficient (Wildman–Crippen LogP) is 5.61. The van der Waals surface area contributed by atoms with E-state index in [0.29, 0.717) is 33.8 Å². The van der Waals surface area contributed by atoms with Crippen LogP contribution in [0.1, 0.15) is 51.6 Å². The molecule has 1 aliphatic rings. The minimum atomic E-state index is -0.603. The standard InChI is InChI=1S/C30H32FNO4/c1-17-24(13-8-14-25(17)31)28-26(29(33)20-9-6-11-22(15-20)35-4)18(2)32-19(3)27(28)30(34)21-10-7-12-23(16-21)36-5/h6-16,18-19,26-28,32H,1-5H3/t18-,19+,26-,27+,28+. The first-order chi connectivity index (χ1) is 17.3. The molecule has 0 aliphatic carbocycles. The largest absolute Gasteiger partial charge is 0.497 e. The molecule has 0 radical (unpaired) electrons. The predicted molar refractivity (Wildman–Crippen MR) is 138 cm³/mol. The number of hydrogen-bond acceptors (Lipinski definition) is 5. The van der Waals surface area contributed by atoms with Gasteiger partial charge in [-0.3, -0.25) is 9.59 Å². The summed E-state index contributed by atoms with van der Waals surface area (Å²) in [5.41, 5.74) is 2.12. The lowest BCUT2D eigenvalue weighted by Gasteiger charge is -2.46. The number of ether oxygens (including phenoxy) is 2. The molecule has 3 aromatic carbocycles. The number of carbonyl (C=O) groups is 2. The molecule has 1 fully saturated rings. The molecule has 1 saturated heterocycles. The van der Waals surface area contributed by atoms with Crippen LogP contribution >= 0.6 is 0 Å². The van der Waals surface area contributed by atoms with E-state index in [9.17, 15) is 14.0 Å². The third kappa shape index (κ3) is 4.78. The van der Waals surface area contributed by atoms with E-state index < -0.39 is 17.8 Å². The average Bonchev–Trinajstić information content (AvgIpc) is 2.89.